The molecular formula is C27H24F6O. The van der Waals surface area contributed by atoms with E-state index in [4.69, 9.17) is 4.74 Å². The van der Waals surface area contributed by atoms with Crippen LogP contribution >= 0.6 is 0 Å². The number of hydrogen-bond donors (Lipinski definition) is 0. The topological polar surface area (TPSA) is 9.23 Å². The molecule has 0 radical (unpaired) electrons. The van der Waals surface area contributed by atoms with E-state index in [-0.39, 0.29) is 17.0 Å². The van der Waals surface area contributed by atoms with E-state index in [0.29, 0.717) is 12.1 Å². The van der Waals surface area contributed by atoms with E-state index in [2.05, 4.69) is 6.92 Å². The van der Waals surface area contributed by atoms with Crippen molar-refractivity contribution in [2.75, 3.05) is 0 Å². The van der Waals surface area contributed by atoms with Crippen LogP contribution in [0.25, 0.3) is 11.1 Å². The lowest BCUT2D eigenvalue weighted by atomic mass is 9.77. The first-order valence-corrected chi connectivity index (χ1v) is 11.4. The highest BCUT2D eigenvalue weighted by molar-refractivity contribution is 5.66. The van der Waals surface area contributed by atoms with Crippen LogP contribution in [0.4, 0.5) is 26.3 Å². The predicted molar refractivity (Wildman–Crippen MR) is 118 cm³/mol. The monoisotopic (exact) mass is 478 g/mol. The van der Waals surface area contributed by atoms with E-state index in [1.807, 2.05) is 0 Å². The predicted octanol–water partition coefficient (Wildman–Crippen LogP) is 9.05. The molecule has 7 heteroatoms. The van der Waals surface area contributed by atoms with Crippen LogP contribution in [0.2, 0.25) is 0 Å². The van der Waals surface area contributed by atoms with Gasteiger partial charge in [-0.2, -0.15) is 0 Å². The number of halogens is 6. The molecule has 3 aromatic rings. The minimum Gasteiger partial charge on any atom is -0.451 e. The van der Waals surface area contributed by atoms with Gasteiger partial charge in [-0.15, -0.1) is 0 Å². The summed E-state index contributed by atoms with van der Waals surface area (Å²) in [6.45, 7) is 2.17. The highest BCUT2D eigenvalue weighted by atomic mass is 19.2. The molecule has 0 aromatic heterocycles. The summed E-state index contributed by atoms with van der Waals surface area (Å²) in [5, 5.41) is 0. The quantitative estimate of drug-likeness (QED) is 0.254. The van der Waals surface area contributed by atoms with Crippen molar-refractivity contribution in [2.45, 2.75) is 51.4 Å². The summed E-state index contributed by atoms with van der Waals surface area (Å²) in [5.74, 6) is -8.41. The summed E-state index contributed by atoms with van der Waals surface area (Å²) in [7, 11) is 0. The molecule has 1 saturated carbocycles. The third kappa shape index (κ3) is 5.08. The fraction of sp³-hybridized carbons (Fsp3) is 0.333. The van der Waals surface area contributed by atoms with E-state index in [1.54, 1.807) is 6.07 Å². The summed E-state index contributed by atoms with van der Waals surface area (Å²) in [4.78, 5) is 0. The van der Waals surface area contributed by atoms with E-state index < -0.39 is 46.4 Å². The zero-order valence-electron chi connectivity index (χ0n) is 18.6. The second-order valence-corrected chi connectivity index (χ2v) is 8.82. The number of rotatable bonds is 6. The van der Waals surface area contributed by atoms with Crippen LogP contribution in [0.1, 0.15) is 56.9 Å². The van der Waals surface area contributed by atoms with E-state index in [9.17, 15) is 26.3 Å². The molecule has 0 atom stereocenters. The van der Waals surface area contributed by atoms with Crippen molar-refractivity contribution in [3.05, 3.63) is 82.9 Å². The van der Waals surface area contributed by atoms with Gasteiger partial charge in [-0.05, 0) is 66.8 Å². The van der Waals surface area contributed by atoms with Crippen LogP contribution in [0.5, 0.6) is 11.5 Å². The van der Waals surface area contributed by atoms with Crippen LogP contribution in [0.15, 0.2) is 42.5 Å². The van der Waals surface area contributed by atoms with Crippen molar-refractivity contribution in [3.8, 4) is 22.6 Å². The highest BCUT2D eigenvalue weighted by Crippen LogP contribution is 2.39. The van der Waals surface area contributed by atoms with Gasteiger partial charge < -0.3 is 4.74 Å². The molecule has 0 aliphatic heterocycles. The van der Waals surface area contributed by atoms with Gasteiger partial charge in [0.25, 0.3) is 0 Å². The normalized spacial score (nSPS) is 18.2. The minimum absolute atomic E-state index is 0.0200. The Morgan fingerprint density at radius 3 is 1.91 bits per heavy atom. The second-order valence-electron chi connectivity index (χ2n) is 8.82. The van der Waals surface area contributed by atoms with E-state index in [1.165, 1.54) is 18.6 Å². The molecule has 1 nitrogen and oxygen atoms in total. The SMILES string of the molecule is CCCC1CCC(c2ccc(-c3cc(F)c(Oc4cc(F)c(F)c(F)c4)c(F)c3)c(F)c2)CC1. The number of benzene rings is 3. The van der Waals surface area contributed by atoms with Gasteiger partial charge in [0.05, 0.1) is 0 Å². The standard InChI is InChI=1S/C27H24F6O/c1-2-3-15-4-6-16(7-5-15)17-8-9-20(21(28)10-17)18-11-24(31)27(25(32)12-18)34-19-13-22(29)26(33)23(30)14-19/h8-16H,2-7H2,1H3. The van der Waals surface area contributed by atoms with E-state index >= 15 is 0 Å². The molecule has 0 heterocycles. The van der Waals surface area contributed by atoms with Crippen molar-refractivity contribution < 1.29 is 31.1 Å². The number of ether oxygens (including phenoxy) is 1. The van der Waals surface area contributed by atoms with Gasteiger partial charge in [-0.25, -0.2) is 26.3 Å². The first-order chi connectivity index (χ1) is 16.3. The second kappa shape index (κ2) is 10.1. The lowest BCUT2D eigenvalue weighted by Crippen LogP contribution is -2.13. The third-order valence-corrected chi connectivity index (χ3v) is 6.49. The Hall–Kier alpha value is -2.96. The van der Waals surface area contributed by atoms with Crippen molar-refractivity contribution in [3.63, 3.8) is 0 Å². The third-order valence-electron chi connectivity index (χ3n) is 6.49. The molecular weight excluding hydrogens is 454 g/mol. The molecule has 3 aromatic carbocycles. The Bertz CT molecular complexity index is 1140. The maximum absolute atomic E-state index is 14.9. The van der Waals surface area contributed by atoms with Gasteiger partial charge in [0.15, 0.2) is 34.8 Å². The van der Waals surface area contributed by atoms with Crippen LogP contribution in [0, 0.1) is 40.8 Å². The van der Waals surface area contributed by atoms with Gasteiger partial charge in [0, 0.05) is 17.7 Å². The summed E-state index contributed by atoms with van der Waals surface area (Å²) < 4.78 is 88.9. The summed E-state index contributed by atoms with van der Waals surface area (Å²) in [6, 6.07) is 7.41. The fourth-order valence-corrected chi connectivity index (χ4v) is 4.73. The first-order valence-electron chi connectivity index (χ1n) is 11.4. The summed E-state index contributed by atoms with van der Waals surface area (Å²) >= 11 is 0. The zero-order valence-corrected chi connectivity index (χ0v) is 18.6. The van der Waals surface area contributed by atoms with Crippen molar-refractivity contribution in [2.24, 2.45) is 5.92 Å². The largest absolute Gasteiger partial charge is 0.451 e. The van der Waals surface area contributed by atoms with Gasteiger partial charge >= 0.3 is 0 Å². The molecule has 0 saturated heterocycles. The molecule has 0 N–H and O–H groups in total. The number of hydrogen-bond acceptors (Lipinski definition) is 1. The maximum atomic E-state index is 14.9. The average Bonchev–Trinajstić information content (AvgIpc) is 2.80. The Labute approximate surface area is 194 Å². The van der Waals surface area contributed by atoms with Gasteiger partial charge in [0.1, 0.15) is 11.6 Å². The highest BCUT2D eigenvalue weighted by Gasteiger charge is 2.23. The first kappa shape index (κ1) is 24.2. The van der Waals surface area contributed by atoms with Crippen LogP contribution in [0.3, 0.4) is 0 Å². The molecule has 34 heavy (non-hydrogen) atoms. The van der Waals surface area contributed by atoms with Gasteiger partial charge in [0.2, 0.25) is 0 Å². The smallest absolute Gasteiger partial charge is 0.198 e. The molecule has 4 rings (SSSR count). The molecule has 0 spiro atoms. The fourth-order valence-electron chi connectivity index (χ4n) is 4.73. The molecule has 0 amide bonds. The van der Waals surface area contributed by atoms with Crippen LogP contribution in [-0.2, 0) is 0 Å². The minimum atomic E-state index is -1.73. The summed E-state index contributed by atoms with van der Waals surface area (Å²) in [6.07, 6.45) is 6.57. The molecule has 0 bridgehead atoms. The molecule has 180 valence electrons. The lowest BCUT2D eigenvalue weighted by molar-refractivity contribution is 0.308. The average molecular weight is 478 g/mol. The molecule has 1 aliphatic rings. The van der Waals surface area contributed by atoms with Gasteiger partial charge in [-0.3, -0.25) is 0 Å². The lowest BCUT2D eigenvalue weighted by Gasteiger charge is -2.28. The Kier molecular flexibility index (Phi) is 7.19. The molecule has 1 fully saturated rings. The maximum Gasteiger partial charge on any atom is 0.198 e. The molecule has 1 aliphatic carbocycles. The Morgan fingerprint density at radius 1 is 0.735 bits per heavy atom. The molecule has 0 unspecified atom stereocenters. The van der Waals surface area contributed by atoms with Crippen molar-refractivity contribution in [1.29, 1.82) is 0 Å². The zero-order chi connectivity index (χ0) is 24.4. The van der Waals surface area contributed by atoms with Crippen LogP contribution < -0.4 is 4.74 Å². The Morgan fingerprint density at radius 2 is 1.35 bits per heavy atom. The Balaban J connectivity index is 1.55. The van der Waals surface area contributed by atoms with Crippen molar-refractivity contribution in [1.82, 2.24) is 0 Å². The van der Waals surface area contributed by atoms with E-state index in [0.717, 1.165) is 55.7 Å². The summed E-state index contributed by atoms with van der Waals surface area (Å²) in [5.41, 5.74) is 0.846. The van der Waals surface area contributed by atoms with Crippen LogP contribution in [-0.4, -0.2) is 0 Å². The van der Waals surface area contributed by atoms with Crippen molar-refractivity contribution >= 4 is 0 Å². The van der Waals surface area contributed by atoms with Gasteiger partial charge in [-0.1, -0.05) is 31.9 Å².